The van der Waals surface area contributed by atoms with Crippen molar-refractivity contribution in [2.45, 2.75) is 105 Å². The van der Waals surface area contributed by atoms with Crippen molar-refractivity contribution in [3.63, 3.8) is 0 Å². The molecule has 0 saturated heterocycles. The molecule has 0 aromatic heterocycles. The normalized spacial score (nSPS) is 11.1. The Bertz CT molecular complexity index is 576. The van der Waals surface area contributed by atoms with Crippen molar-refractivity contribution in [2.75, 3.05) is 0 Å². The molecule has 0 amide bonds. The second-order valence-electron chi connectivity index (χ2n) is 7.36. The quantitative estimate of drug-likeness (QED) is 0.423. The highest BCUT2D eigenvalue weighted by Gasteiger charge is 2.26. The Hall–Kier alpha value is -1.51. The number of unbranched alkanes of at least 4 members (excludes halogenated alkanes) is 4. The lowest BCUT2D eigenvalue weighted by Gasteiger charge is -2.23. The molecule has 1 rings (SSSR count). The number of rotatable bonds is 13. The molecule has 0 atom stereocenters. The van der Waals surface area contributed by atoms with Crippen LogP contribution in [0.4, 0.5) is 0 Å². The number of carboxylic acid groups (broad SMARTS) is 1. The zero-order chi connectivity index (χ0) is 19.5. The van der Waals surface area contributed by atoms with Crippen LogP contribution >= 0.6 is 0 Å². The third kappa shape index (κ3) is 5.75. The van der Waals surface area contributed by atoms with Crippen LogP contribution < -0.4 is 0 Å². The molecule has 3 heteroatoms. The van der Waals surface area contributed by atoms with E-state index in [9.17, 15) is 15.0 Å². The van der Waals surface area contributed by atoms with Crippen LogP contribution in [0.5, 0.6) is 5.75 Å². The minimum Gasteiger partial charge on any atom is -0.507 e. The summed E-state index contributed by atoms with van der Waals surface area (Å²) in [5, 5.41) is 20.8. The van der Waals surface area contributed by atoms with E-state index in [0.717, 1.165) is 88.2 Å². The maximum absolute atomic E-state index is 12.0. The number of hydrogen-bond acceptors (Lipinski definition) is 2. The molecular weight excluding hydrogens is 324 g/mol. The van der Waals surface area contributed by atoms with Crippen LogP contribution in [0.3, 0.4) is 0 Å². The number of benzene rings is 1. The van der Waals surface area contributed by atoms with Crippen molar-refractivity contribution >= 4 is 5.97 Å². The summed E-state index contributed by atoms with van der Waals surface area (Å²) in [6.07, 6.45) is 11.7. The maximum atomic E-state index is 12.0. The van der Waals surface area contributed by atoms with Gasteiger partial charge in [0.2, 0.25) is 0 Å². The second-order valence-corrected chi connectivity index (χ2v) is 7.36. The Morgan fingerprint density at radius 3 is 1.38 bits per heavy atom. The Kier molecular flexibility index (Phi) is 10.4. The maximum Gasteiger partial charge on any atom is 0.339 e. The zero-order valence-electron chi connectivity index (χ0n) is 17.3. The fraction of sp³-hybridized carbons (Fsp3) is 0.696. The largest absolute Gasteiger partial charge is 0.507 e. The standard InChI is InChI=1S/C23H38O3/c1-5-9-13-17-18(14-10-6-2)20(16-12-8-4)22(24)21(23(25)26)19(17)15-11-7-3/h24H,5-16H2,1-4H3,(H,25,26). The van der Waals surface area contributed by atoms with E-state index in [4.69, 9.17) is 0 Å². The summed E-state index contributed by atoms with van der Waals surface area (Å²) < 4.78 is 0. The SMILES string of the molecule is CCCCc1c(O)c(C(=O)O)c(CCCC)c(CCCC)c1CCCC. The van der Waals surface area contributed by atoms with Gasteiger partial charge in [-0.1, -0.05) is 53.4 Å². The van der Waals surface area contributed by atoms with Crippen molar-refractivity contribution in [3.8, 4) is 5.75 Å². The lowest BCUT2D eigenvalue weighted by Crippen LogP contribution is -2.14. The van der Waals surface area contributed by atoms with Crippen molar-refractivity contribution in [1.82, 2.24) is 0 Å². The van der Waals surface area contributed by atoms with Gasteiger partial charge in [-0.3, -0.25) is 0 Å². The lowest BCUT2D eigenvalue weighted by atomic mass is 9.82. The summed E-state index contributed by atoms with van der Waals surface area (Å²) in [7, 11) is 0. The van der Waals surface area contributed by atoms with Gasteiger partial charge >= 0.3 is 5.97 Å². The predicted octanol–water partition coefficient (Wildman–Crippen LogP) is 6.46. The molecule has 0 heterocycles. The molecule has 148 valence electrons. The third-order valence-corrected chi connectivity index (χ3v) is 5.25. The third-order valence-electron chi connectivity index (χ3n) is 5.25. The molecule has 0 aliphatic carbocycles. The molecule has 0 unspecified atom stereocenters. The first-order valence-corrected chi connectivity index (χ1v) is 10.6. The van der Waals surface area contributed by atoms with Crippen LogP contribution in [0.25, 0.3) is 0 Å². The van der Waals surface area contributed by atoms with Gasteiger partial charge in [-0.2, -0.15) is 0 Å². The van der Waals surface area contributed by atoms with Crippen LogP contribution in [0.15, 0.2) is 0 Å². The van der Waals surface area contributed by atoms with Crippen LogP contribution in [0, 0.1) is 0 Å². The molecule has 3 nitrogen and oxygen atoms in total. The average Bonchev–Trinajstić information content (AvgIpc) is 2.62. The first-order chi connectivity index (χ1) is 12.5. The van der Waals surface area contributed by atoms with E-state index < -0.39 is 5.97 Å². The van der Waals surface area contributed by atoms with Gasteiger partial charge in [-0.15, -0.1) is 0 Å². The van der Waals surface area contributed by atoms with Crippen LogP contribution in [0.1, 0.15) is 112 Å². The minimum atomic E-state index is -0.980. The van der Waals surface area contributed by atoms with Gasteiger partial charge in [0.25, 0.3) is 0 Å². The van der Waals surface area contributed by atoms with Crippen molar-refractivity contribution in [2.24, 2.45) is 0 Å². The molecule has 1 aromatic rings. The van der Waals surface area contributed by atoms with E-state index >= 15 is 0 Å². The van der Waals surface area contributed by atoms with Gasteiger partial charge in [0, 0.05) is 0 Å². The van der Waals surface area contributed by atoms with E-state index in [1.807, 2.05) is 0 Å². The molecule has 0 saturated carbocycles. The average molecular weight is 363 g/mol. The second kappa shape index (κ2) is 12.0. The lowest BCUT2D eigenvalue weighted by molar-refractivity contribution is 0.0692. The highest BCUT2D eigenvalue weighted by atomic mass is 16.4. The van der Waals surface area contributed by atoms with Crippen molar-refractivity contribution < 1.29 is 15.0 Å². The summed E-state index contributed by atoms with van der Waals surface area (Å²) in [6, 6.07) is 0. The molecule has 0 spiro atoms. The number of aromatic hydroxyl groups is 1. The highest BCUT2D eigenvalue weighted by molar-refractivity contribution is 5.94. The molecule has 0 fully saturated rings. The smallest absolute Gasteiger partial charge is 0.339 e. The molecule has 0 radical (unpaired) electrons. The van der Waals surface area contributed by atoms with E-state index in [2.05, 4.69) is 27.7 Å². The van der Waals surface area contributed by atoms with Gasteiger partial charge in [-0.25, -0.2) is 4.79 Å². The number of phenols is 1. The zero-order valence-corrected chi connectivity index (χ0v) is 17.3. The molecule has 1 aromatic carbocycles. The topological polar surface area (TPSA) is 57.5 Å². The minimum absolute atomic E-state index is 0.0448. The van der Waals surface area contributed by atoms with E-state index in [1.54, 1.807) is 0 Å². The Morgan fingerprint density at radius 1 is 0.654 bits per heavy atom. The molecule has 2 N–H and O–H groups in total. The molecule has 26 heavy (non-hydrogen) atoms. The van der Waals surface area contributed by atoms with Crippen LogP contribution in [-0.2, 0) is 25.7 Å². The monoisotopic (exact) mass is 362 g/mol. The first-order valence-electron chi connectivity index (χ1n) is 10.6. The first kappa shape index (κ1) is 22.5. The number of carbonyl (C=O) groups is 1. The highest BCUT2D eigenvalue weighted by Crippen LogP contribution is 2.37. The Balaban J connectivity index is 3.65. The number of carboxylic acids is 1. The molecule has 0 aliphatic heterocycles. The molecule has 0 bridgehead atoms. The Labute approximate surface area is 159 Å². The van der Waals surface area contributed by atoms with Gasteiger partial charge in [-0.05, 0) is 73.6 Å². The predicted molar refractivity (Wildman–Crippen MR) is 110 cm³/mol. The fourth-order valence-electron chi connectivity index (χ4n) is 3.75. The number of hydrogen-bond donors (Lipinski definition) is 2. The molecular formula is C23H38O3. The summed E-state index contributed by atoms with van der Waals surface area (Å²) in [6.45, 7) is 8.61. The van der Waals surface area contributed by atoms with Gasteiger partial charge < -0.3 is 10.2 Å². The van der Waals surface area contributed by atoms with Gasteiger partial charge in [0.05, 0.1) is 0 Å². The van der Waals surface area contributed by atoms with E-state index in [1.165, 1.54) is 11.1 Å². The van der Waals surface area contributed by atoms with Crippen LogP contribution in [-0.4, -0.2) is 16.2 Å². The molecule has 0 aliphatic rings. The van der Waals surface area contributed by atoms with E-state index in [0.29, 0.717) is 0 Å². The summed E-state index contributed by atoms with van der Waals surface area (Å²) in [4.78, 5) is 12.0. The van der Waals surface area contributed by atoms with Crippen LogP contribution in [0.2, 0.25) is 0 Å². The van der Waals surface area contributed by atoms with Gasteiger partial charge in [0.1, 0.15) is 11.3 Å². The van der Waals surface area contributed by atoms with Crippen molar-refractivity contribution in [1.29, 1.82) is 0 Å². The summed E-state index contributed by atoms with van der Waals surface area (Å²) in [5.74, 6) is -0.936. The van der Waals surface area contributed by atoms with Crippen molar-refractivity contribution in [3.05, 3.63) is 27.8 Å². The van der Waals surface area contributed by atoms with Gasteiger partial charge in [0.15, 0.2) is 0 Å². The number of aromatic carboxylic acids is 1. The summed E-state index contributed by atoms with van der Waals surface area (Å²) >= 11 is 0. The fourth-order valence-corrected chi connectivity index (χ4v) is 3.75. The Morgan fingerprint density at radius 2 is 1.00 bits per heavy atom. The van der Waals surface area contributed by atoms with E-state index in [-0.39, 0.29) is 11.3 Å². The summed E-state index contributed by atoms with van der Waals surface area (Å²) in [5.41, 5.74) is 4.47.